The van der Waals surface area contributed by atoms with Crippen LogP contribution in [-0.4, -0.2) is 17.1 Å². The number of nitrogens with two attached hydrogens (primary N) is 1. The van der Waals surface area contributed by atoms with Gasteiger partial charge in [0.25, 0.3) is 0 Å². The summed E-state index contributed by atoms with van der Waals surface area (Å²) in [5, 5.41) is 1.88. The Morgan fingerprint density at radius 1 is 1.14 bits per heavy atom. The largest absolute Gasteiger partial charge is 0.496 e. The van der Waals surface area contributed by atoms with Gasteiger partial charge in [0.1, 0.15) is 5.75 Å². The van der Waals surface area contributed by atoms with Crippen LogP contribution in [0.3, 0.4) is 0 Å². The Labute approximate surface area is 123 Å². The molecular formula is C14H13N3O3S. The molecule has 3 rings (SSSR count). The lowest BCUT2D eigenvalue weighted by atomic mass is 10.1. The van der Waals surface area contributed by atoms with Gasteiger partial charge in [-0.15, -0.1) is 11.3 Å². The van der Waals surface area contributed by atoms with Crippen LogP contribution in [0, 0.1) is 0 Å². The van der Waals surface area contributed by atoms with Crippen molar-refractivity contribution in [3.63, 3.8) is 0 Å². The van der Waals surface area contributed by atoms with Crippen molar-refractivity contribution in [2.75, 3.05) is 7.11 Å². The molecule has 0 saturated heterocycles. The number of H-pyrrole nitrogens is 2. The summed E-state index contributed by atoms with van der Waals surface area (Å²) in [5.41, 5.74) is 6.86. The lowest BCUT2D eigenvalue weighted by Crippen LogP contribution is -2.29. The zero-order valence-corrected chi connectivity index (χ0v) is 12.0. The minimum atomic E-state index is -0.675. The molecule has 0 spiro atoms. The van der Waals surface area contributed by atoms with Gasteiger partial charge in [-0.1, -0.05) is 6.07 Å². The Kier molecular flexibility index (Phi) is 3.36. The fourth-order valence-corrected chi connectivity index (χ4v) is 2.98. The highest BCUT2D eigenvalue weighted by Crippen LogP contribution is 2.30. The Balaban J connectivity index is 2.05. The third kappa shape index (κ3) is 2.48. The zero-order valence-electron chi connectivity index (χ0n) is 11.2. The van der Waals surface area contributed by atoms with Crippen molar-refractivity contribution in [2.24, 2.45) is 5.73 Å². The predicted octanol–water partition coefficient (Wildman–Crippen LogP) is 1.33. The van der Waals surface area contributed by atoms with Gasteiger partial charge in [0.05, 0.1) is 24.2 Å². The van der Waals surface area contributed by atoms with Crippen molar-refractivity contribution in [3.05, 3.63) is 60.8 Å². The molecule has 4 N–H and O–H groups in total. The molecule has 2 aromatic heterocycles. The van der Waals surface area contributed by atoms with Gasteiger partial charge in [-0.25, -0.2) is 0 Å². The van der Waals surface area contributed by atoms with Crippen LogP contribution in [0.25, 0.3) is 11.0 Å². The van der Waals surface area contributed by atoms with Gasteiger partial charge in [0.2, 0.25) is 0 Å². The molecule has 108 valence electrons. The summed E-state index contributed by atoms with van der Waals surface area (Å²) in [7, 11) is 1.61. The SMILES string of the molecule is COc1csc(C(N)c2ccc3[nH]c(=O)c(=O)[nH]c3c2)c1. The zero-order chi connectivity index (χ0) is 15.0. The fraction of sp³-hybridized carbons (Fsp3) is 0.143. The first-order valence-corrected chi connectivity index (χ1v) is 7.10. The van der Waals surface area contributed by atoms with Crippen molar-refractivity contribution >= 4 is 22.4 Å². The first-order chi connectivity index (χ1) is 10.1. The molecule has 21 heavy (non-hydrogen) atoms. The molecule has 0 fully saturated rings. The number of aromatic nitrogens is 2. The van der Waals surface area contributed by atoms with Crippen LogP contribution in [-0.2, 0) is 0 Å². The lowest BCUT2D eigenvalue weighted by molar-refractivity contribution is 0.416. The average molecular weight is 303 g/mol. The second kappa shape index (κ2) is 5.19. The van der Waals surface area contributed by atoms with Gasteiger partial charge in [0.15, 0.2) is 0 Å². The number of ether oxygens (including phenoxy) is 1. The molecule has 0 amide bonds. The number of fused-ring (bicyclic) bond motifs is 1. The Bertz CT molecular complexity index is 909. The predicted molar refractivity (Wildman–Crippen MR) is 82.1 cm³/mol. The van der Waals surface area contributed by atoms with Crippen molar-refractivity contribution in [1.82, 2.24) is 9.97 Å². The first kappa shape index (κ1) is 13.6. The molecule has 2 heterocycles. The summed E-state index contributed by atoms with van der Waals surface area (Å²) >= 11 is 1.51. The molecule has 1 atom stereocenters. The normalized spacial score (nSPS) is 12.5. The molecule has 0 bridgehead atoms. The Hall–Kier alpha value is -2.38. The summed E-state index contributed by atoms with van der Waals surface area (Å²) in [5.74, 6) is 0.768. The van der Waals surface area contributed by atoms with E-state index in [1.807, 2.05) is 17.5 Å². The maximum Gasteiger partial charge on any atom is 0.314 e. The van der Waals surface area contributed by atoms with Gasteiger partial charge in [-0.2, -0.15) is 0 Å². The molecule has 0 aliphatic carbocycles. The van der Waals surface area contributed by atoms with Crippen LogP contribution in [0.4, 0.5) is 0 Å². The number of methoxy groups -OCH3 is 1. The van der Waals surface area contributed by atoms with Gasteiger partial charge >= 0.3 is 11.1 Å². The van der Waals surface area contributed by atoms with E-state index >= 15 is 0 Å². The van der Waals surface area contributed by atoms with Crippen LogP contribution >= 0.6 is 11.3 Å². The molecule has 3 aromatic rings. The molecule has 7 heteroatoms. The maximum absolute atomic E-state index is 11.4. The van der Waals surface area contributed by atoms with Crippen molar-refractivity contribution in [3.8, 4) is 5.75 Å². The summed E-state index contributed by atoms with van der Waals surface area (Å²) in [6.45, 7) is 0. The van der Waals surface area contributed by atoms with E-state index in [9.17, 15) is 9.59 Å². The van der Waals surface area contributed by atoms with Crippen molar-refractivity contribution in [2.45, 2.75) is 6.04 Å². The van der Waals surface area contributed by atoms with Crippen molar-refractivity contribution in [1.29, 1.82) is 0 Å². The first-order valence-electron chi connectivity index (χ1n) is 6.23. The highest BCUT2D eigenvalue weighted by molar-refractivity contribution is 7.10. The van der Waals surface area contributed by atoms with Crippen LogP contribution in [0.2, 0.25) is 0 Å². The number of hydrogen-bond acceptors (Lipinski definition) is 5. The maximum atomic E-state index is 11.4. The lowest BCUT2D eigenvalue weighted by Gasteiger charge is -2.10. The molecule has 6 nitrogen and oxygen atoms in total. The average Bonchev–Trinajstić information content (AvgIpc) is 2.96. The van der Waals surface area contributed by atoms with E-state index < -0.39 is 11.1 Å². The third-order valence-corrected chi connectivity index (χ3v) is 4.24. The summed E-state index contributed by atoms with van der Waals surface area (Å²) in [6.07, 6.45) is 0. The summed E-state index contributed by atoms with van der Waals surface area (Å²) in [4.78, 5) is 28.7. The fourth-order valence-electron chi connectivity index (χ4n) is 2.09. The second-order valence-corrected chi connectivity index (χ2v) is 5.52. The number of benzene rings is 1. The summed E-state index contributed by atoms with van der Waals surface area (Å²) < 4.78 is 5.15. The topological polar surface area (TPSA) is 101 Å². The molecule has 1 aromatic carbocycles. The van der Waals surface area contributed by atoms with E-state index in [-0.39, 0.29) is 6.04 Å². The summed E-state index contributed by atoms with van der Waals surface area (Å²) in [6, 6.07) is 6.89. The second-order valence-electron chi connectivity index (χ2n) is 4.58. The van der Waals surface area contributed by atoms with Crippen LogP contribution in [0.1, 0.15) is 16.5 Å². The van der Waals surface area contributed by atoms with E-state index in [0.717, 1.165) is 16.2 Å². The van der Waals surface area contributed by atoms with E-state index in [0.29, 0.717) is 11.0 Å². The van der Waals surface area contributed by atoms with Gasteiger partial charge in [-0.3, -0.25) is 9.59 Å². The van der Waals surface area contributed by atoms with Crippen molar-refractivity contribution < 1.29 is 4.74 Å². The minimum Gasteiger partial charge on any atom is -0.496 e. The molecule has 1 unspecified atom stereocenters. The van der Waals surface area contributed by atoms with Crippen LogP contribution < -0.4 is 21.6 Å². The monoisotopic (exact) mass is 303 g/mol. The van der Waals surface area contributed by atoms with E-state index in [2.05, 4.69) is 9.97 Å². The van der Waals surface area contributed by atoms with E-state index in [1.54, 1.807) is 19.2 Å². The molecule has 0 saturated carbocycles. The highest BCUT2D eigenvalue weighted by Gasteiger charge is 2.13. The third-order valence-electron chi connectivity index (χ3n) is 3.24. The van der Waals surface area contributed by atoms with Crippen LogP contribution in [0.15, 0.2) is 39.2 Å². The highest BCUT2D eigenvalue weighted by atomic mass is 32.1. The van der Waals surface area contributed by atoms with Gasteiger partial charge in [0, 0.05) is 10.3 Å². The van der Waals surface area contributed by atoms with E-state index in [4.69, 9.17) is 10.5 Å². The molecule has 0 aliphatic rings. The number of aromatic amines is 2. The molecule has 0 radical (unpaired) electrons. The molecular weight excluding hydrogens is 290 g/mol. The van der Waals surface area contributed by atoms with Gasteiger partial charge in [-0.05, 0) is 23.8 Å². The minimum absolute atomic E-state index is 0.321. The number of thiophene rings is 1. The smallest absolute Gasteiger partial charge is 0.314 e. The van der Waals surface area contributed by atoms with Gasteiger partial charge < -0.3 is 20.4 Å². The number of rotatable bonds is 3. The standard InChI is InChI=1S/C14H13N3O3S/c1-20-8-5-11(21-6-8)12(15)7-2-3-9-10(4-7)17-14(19)13(18)16-9/h2-6,12H,15H2,1H3,(H,16,18)(H,17,19). The quantitative estimate of drug-likeness (QED) is 0.635. The Morgan fingerprint density at radius 2 is 1.86 bits per heavy atom. The Morgan fingerprint density at radius 3 is 2.52 bits per heavy atom. The van der Waals surface area contributed by atoms with Crippen LogP contribution in [0.5, 0.6) is 5.75 Å². The number of nitrogens with one attached hydrogen (secondary N) is 2. The molecule has 0 aliphatic heterocycles. The van der Waals surface area contributed by atoms with E-state index in [1.165, 1.54) is 11.3 Å². The number of hydrogen-bond donors (Lipinski definition) is 3.